The molecule has 0 aliphatic heterocycles. The van der Waals surface area contributed by atoms with Gasteiger partial charge in [0.15, 0.2) is 0 Å². The van der Waals surface area contributed by atoms with Crippen molar-refractivity contribution in [1.29, 1.82) is 0 Å². The molecular formula is C14H19BrClN. The van der Waals surface area contributed by atoms with E-state index in [0.717, 1.165) is 22.0 Å². The molecule has 3 heteroatoms. The Morgan fingerprint density at radius 2 is 2.12 bits per heavy atom. The summed E-state index contributed by atoms with van der Waals surface area (Å²) in [6, 6.07) is 6.64. The van der Waals surface area contributed by atoms with Gasteiger partial charge in [-0.2, -0.15) is 0 Å². The predicted octanol–water partition coefficient (Wildman–Crippen LogP) is 4.94. The van der Waals surface area contributed by atoms with Crippen molar-refractivity contribution in [2.24, 2.45) is 5.92 Å². The predicted molar refractivity (Wildman–Crippen MR) is 77.5 cm³/mol. The summed E-state index contributed by atoms with van der Waals surface area (Å²) in [6.45, 7) is 3.15. The number of nitrogens with one attached hydrogen (secondary N) is 1. The number of rotatable bonds is 4. The van der Waals surface area contributed by atoms with Gasteiger partial charge in [-0.05, 0) is 52.9 Å². The van der Waals surface area contributed by atoms with Gasteiger partial charge in [0.2, 0.25) is 0 Å². The molecular weight excluding hydrogens is 298 g/mol. The summed E-state index contributed by atoms with van der Waals surface area (Å²) in [5, 5.41) is 4.47. The molecule has 1 N–H and O–H groups in total. The molecule has 2 rings (SSSR count). The van der Waals surface area contributed by atoms with E-state index in [0.29, 0.717) is 6.04 Å². The summed E-state index contributed by atoms with van der Waals surface area (Å²) < 4.78 is 0.998. The lowest BCUT2D eigenvalue weighted by Gasteiger charge is -2.26. The number of hydrogen-bond acceptors (Lipinski definition) is 1. The van der Waals surface area contributed by atoms with Crippen LogP contribution in [0.4, 0.5) is 0 Å². The zero-order chi connectivity index (χ0) is 12.3. The van der Waals surface area contributed by atoms with Gasteiger partial charge >= 0.3 is 0 Å². The molecule has 17 heavy (non-hydrogen) atoms. The Morgan fingerprint density at radius 1 is 1.41 bits per heavy atom. The highest BCUT2D eigenvalue weighted by atomic mass is 79.9. The molecule has 1 aromatic rings. The van der Waals surface area contributed by atoms with Gasteiger partial charge in [0.1, 0.15) is 0 Å². The van der Waals surface area contributed by atoms with Crippen molar-refractivity contribution in [1.82, 2.24) is 5.32 Å². The van der Waals surface area contributed by atoms with E-state index in [1.807, 2.05) is 6.07 Å². The monoisotopic (exact) mass is 315 g/mol. The third-order valence-corrected chi connectivity index (χ3v) is 4.92. The maximum Gasteiger partial charge on any atom is 0.0595 e. The molecule has 94 valence electrons. The van der Waals surface area contributed by atoms with Crippen LogP contribution in [0.2, 0.25) is 5.02 Å². The van der Waals surface area contributed by atoms with Crippen LogP contribution in [0.15, 0.2) is 22.7 Å². The summed E-state index contributed by atoms with van der Waals surface area (Å²) >= 11 is 9.93. The van der Waals surface area contributed by atoms with Crippen molar-refractivity contribution in [2.75, 3.05) is 6.54 Å². The summed E-state index contributed by atoms with van der Waals surface area (Å²) in [7, 11) is 0. The van der Waals surface area contributed by atoms with Gasteiger partial charge in [-0.1, -0.05) is 43.5 Å². The fourth-order valence-corrected chi connectivity index (χ4v) is 3.43. The molecule has 1 aromatic carbocycles. The molecule has 1 atom stereocenters. The van der Waals surface area contributed by atoms with E-state index in [1.54, 1.807) is 0 Å². The highest BCUT2D eigenvalue weighted by Gasteiger charge is 2.27. The zero-order valence-corrected chi connectivity index (χ0v) is 12.5. The second kappa shape index (κ2) is 6.21. The van der Waals surface area contributed by atoms with Gasteiger partial charge in [0, 0.05) is 10.5 Å². The van der Waals surface area contributed by atoms with E-state index in [-0.39, 0.29) is 0 Å². The summed E-state index contributed by atoms with van der Waals surface area (Å²) in [6.07, 6.45) is 5.36. The number of halogens is 2. The molecule has 1 aliphatic rings. The van der Waals surface area contributed by atoms with Crippen LogP contribution in [0.1, 0.15) is 44.2 Å². The lowest BCUT2D eigenvalue weighted by molar-refractivity contribution is 0.374. The van der Waals surface area contributed by atoms with Crippen molar-refractivity contribution in [3.8, 4) is 0 Å². The maximum atomic E-state index is 6.42. The van der Waals surface area contributed by atoms with Crippen LogP contribution in [0.25, 0.3) is 0 Å². The van der Waals surface area contributed by atoms with Crippen LogP contribution >= 0.6 is 27.5 Å². The van der Waals surface area contributed by atoms with Crippen LogP contribution in [-0.4, -0.2) is 6.54 Å². The SMILES string of the molecule is CCNC(c1cccc(Br)c1Cl)C1CCCC1. The fraction of sp³-hybridized carbons (Fsp3) is 0.571. The Balaban J connectivity index is 2.27. The molecule has 1 nitrogen and oxygen atoms in total. The van der Waals surface area contributed by atoms with E-state index < -0.39 is 0 Å². The second-order valence-corrected chi connectivity index (χ2v) is 5.96. The van der Waals surface area contributed by atoms with Crippen molar-refractivity contribution < 1.29 is 0 Å². The first-order valence-corrected chi connectivity index (χ1v) is 7.58. The third kappa shape index (κ3) is 3.04. The van der Waals surface area contributed by atoms with E-state index in [1.165, 1.54) is 31.2 Å². The molecule has 1 saturated carbocycles. The van der Waals surface area contributed by atoms with E-state index in [2.05, 4.69) is 40.3 Å². The molecule has 0 amide bonds. The molecule has 0 saturated heterocycles. The Bertz CT molecular complexity index is 374. The van der Waals surface area contributed by atoms with Crippen LogP contribution < -0.4 is 5.32 Å². The third-order valence-electron chi connectivity index (χ3n) is 3.61. The molecule has 0 heterocycles. The van der Waals surface area contributed by atoms with Gasteiger partial charge in [-0.15, -0.1) is 0 Å². The molecule has 1 unspecified atom stereocenters. The maximum absolute atomic E-state index is 6.42. The second-order valence-electron chi connectivity index (χ2n) is 4.72. The van der Waals surface area contributed by atoms with Crippen molar-refractivity contribution in [2.45, 2.75) is 38.6 Å². The first-order valence-electron chi connectivity index (χ1n) is 6.41. The minimum atomic E-state index is 0.410. The first kappa shape index (κ1) is 13.4. The Hall–Kier alpha value is -0.0500. The summed E-state index contributed by atoms with van der Waals surface area (Å²) in [5.41, 5.74) is 1.25. The smallest absolute Gasteiger partial charge is 0.0595 e. The highest BCUT2D eigenvalue weighted by Crippen LogP contribution is 2.39. The van der Waals surface area contributed by atoms with E-state index >= 15 is 0 Å². The van der Waals surface area contributed by atoms with E-state index in [4.69, 9.17) is 11.6 Å². The molecule has 0 aromatic heterocycles. The van der Waals surface area contributed by atoms with Gasteiger partial charge in [-0.3, -0.25) is 0 Å². The highest BCUT2D eigenvalue weighted by molar-refractivity contribution is 9.10. The molecule has 0 bridgehead atoms. The van der Waals surface area contributed by atoms with Gasteiger partial charge in [0.05, 0.1) is 5.02 Å². The molecule has 1 aliphatic carbocycles. The standard InChI is InChI=1S/C14H19BrClN/c1-2-17-14(10-6-3-4-7-10)11-8-5-9-12(15)13(11)16/h5,8-10,14,17H,2-4,6-7H2,1H3. The Labute approximate surface area is 117 Å². The van der Waals surface area contributed by atoms with Crippen LogP contribution in [-0.2, 0) is 0 Å². The fourth-order valence-electron chi connectivity index (χ4n) is 2.80. The van der Waals surface area contributed by atoms with Crippen molar-refractivity contribution >= 4 is 27.5 Å². The van der Waals surface area contributed by atoms with Gasteiger partial charge < -0.3 is 5.32 Å². The Kier molecular flexibility index (Phi) is 4.89. The quantitative estimate of drug-likeness (QED) is 0.829. The normalized spacial score (nSPS) is 18.5. The molecule has 0 radical (unpaired) electrons. The lowest BCUT2D eigenvalue weighted by Crippen LogP contribution is -2.27. The first-order chi connectivity index (χ1) is 8.24. The number of hydrogen-bond donors (Lipinski definition) is 1. The Morgan fingerprint density at radius 3 is 2.76 bits per heavy atom. The summed E-state index contributed by atoms with van der Waals surface area (Å²) in [4.78, 5) is 0. The minimum absolute atomic E-state index is 0.410. The molecule has 0 spiro atoms. The van der Waals surface area contributed by atoms with Gasteiger partial charge in [0.25, 0.3) is 0 Å². The van der Waals surface area contributed by atoms with Gasteiger partial charge in [-0.25, -0.2) is 0 Å². The van der Waals surface area contributed by atoms with E-state index in [9.17, 15) is 0 Å². The zero-order valence-electron chi connectivity index (χ0n) is 10.2. The van der Waals surface area contributed by atoms with Crippen LogP contribution in [0.5, 0.6) is 0 Å². The van der Waals surface area contributed by atoms with Crippen molar-refractivity contribution in [3.05, 3.63) is 33.3 Å². The average Bonchev–Trinajstić information content (AvgIpc) is 2.84. The van der Waals surface area contributed by atoms with Crippen LogP contribution in [0.3, 0.4) is 0 Å². The topological polar surface area (TPSA) is 12.0 Å². The lowest BCUT2D eigenvalue weighted by atomic mass is 9.91. The largest absolute Gasteiger partial charge is 0.310 e. The molecule has 1 fully saturated rings. The average molecular weight is 317 g/mol. The number of benzene rings is 1. The van der Waals surface area contributed by atoms with Crippen molar-refractivity contribution in [3.63, 3.8) is 0 Å². The van der Waals surface area contributed by atoms with Crippen LogP contribution in [0, 0.1) is 5.92 Å². The summed E-state index contributed by atoms with van der Waals surface area (Å²) in [5.74, 6) is 0.738. The minimum Gasteiger partial charge on any atom is -0.310 e.